The number of benzene rings is 2. The minimum Gasteiger partial charge on any atom is -0.460 e. The maximum atomic E-state index is 12.4. The topological polar surface area (TPSA) is 84.2 Å². The first-order valence-electron chi connectivity index (χ1n) is 8.41. The van der Waals surface area contributed by atoms with Crippen LogP contribution in [0.4, 0.5) is 0 Å². The lowest BCUT2D eigenvalue weighted by Gasteiger charge is -2.06. The van der Waals surface area contributed by atoms with E-state index in [0.29, 0.717) is 33.6 Å². The van der Waals surface area contributed by atoms with Crippen LogP contribution in [0.5, 0.6) is 11.5 Å². The van der Waals surface area contributed by atoms with Crippen molar-refractivity contribution in [2.24, 2.45) is 0 Å². The second-order valence-electron chi connectivity index (χ2n) is 5.77. The van der Waals surface area contributed by atoms with Crippen LogP contribution in [0.15, 0.2) is 46.9 Å². The predicted octanol–water partition coefficient (Wildman–Crippen LogP) is 3.70. The van der Waals surface area contributed by atoms with Crippen molar-refractivity contribution in [3.63, 3.8) is 0 Å². The van der Waals surface area contributed by atoms with Gasteiger partial charge in [0.1, 0.15) is 12.2 Å². The molecule has 27 heavy (non-hydrogen) atoms. The van der Waals surface area contributed by atoms with Crippen LogP contribution in [0.2, 0.25) is 0 Å². The van der Waals surface area contributed by atoms with Gasteiger partial charge < -0.3 is 23.4 Å². The third-order valence-corrected chi connectivity index (χ3v) is 4.11. The van der Waals surface area contributed by atoms with E-state index >= 15 is 0 Å². The number of furan rings is 1. The molecule has 7 nitrogen and oxygen atoms in total. The molecule has 0 bridgehead atoms. The fraction of sp³-hybridized carbons (Fsp3) is 0.200. The van der Waals surface area contributed by atoms with E-state index in [1.54, 1.807) is 43.3 Å². The second-order valence-corrected chi connectivity index (χ2v) is 5.77. The lowest BCUT2D eigenvalue weighted by molar-refractivity contribution is 0.0435. The predicted molar refractivity (Wildman–Crippen MR) is 93.9 cm³/mol. The van der Waals surface area contributed by atoms with Crippen LogP contribution in [-0.4, -0.2) is 25.3 Å². The Labute approximate surface area is 154 Å². The van der Waals surface area contributed by atoms with Crippen molar-refractivity contribution in [2.75, 3.05) is 13.4 Å². The van der Waals surface area contributed by atoms with E-state index in [1.807, 2.05) is 6.07 Å². The summed E-state index contributed by atoms with van der Waals surface area (Å²) >= 11 is 0. The highest BCUT2D eigenvalue weighted by Gasteiger charge is 2.23. The number of ether oxygens (including phenoxy) is 4. The number of carbonyl (C=O) groups is 2. The number of fused-ring (bicyclic) bond motifs is 2. The van der Waals surface area contributed by atoms with Crippen molar-refractivity contribution in [3.05, 3.63) is 59.4 Å². The van der Waals surface area contributed by atoms with Crippen LogP contribution < -0.4 is 9.47 Å². The van der Waals surface area contributed by atoms with Crippen LogP contribution in [-0.2, 0) is 16.1 Å². The molecule has 138 valence electrons. The molecule has 0 amide bonds. The zero-order chi connectivity index (χ0) is 18.8. The van der Waals surface area contributed by atoms with E-state index in [9.17, 15) is 9.59 Å². The van der Waals surface area contributed by atoms with Gasteiger partial charge in [-0.1, -0.05) is 18.2 Å². The van der Waals surface area contributed by atoms with Crippen molar-refractivity contribution in [1.82, 2.24) is 0 Å². The summed E-state index contributed by atoms with van der Waals surface area (Å²) in [6, 6.07) is 11.9. The first-order valence-corrected chi connectivity index (χ1v) is 8.41. The first kappa shape index (κ1) is 17.0. The summed E-state index contributed by atoms with van der Waals surface area (Å²) in [5.41, 5.74) is 1.32. The fourth-order valence-electron chi connectivity index (χ4n) is 2.85. The summed E-state index contributed by atoms with van der Waals surface area (Å²) in [7, 11) is 0. The molecule has 0 saturated heterocycles. The Bertz CT molecular complexity index is 1020. The first-order chi connectivity index (χ1) is 13.2. The lowest BCUT2D eigenvalue weighted by atomic mass is 10.1. The van der Waals surface area contributed by atoms with Gasteiger partial charge >= 0.3 is 11.9 Å². The van der Waals surface area contributed by atoms with Crippen molar-refractivity contribution in [3.8, 4) is 11.5 Å². The minimum absolute atomic E-state index is 0.0385. The van der Waals surface area contributed by atoms with Crippen LogP contribution in [0.3, 0.4) is 0 Å². The maximum Gasteiger partial charge on any atom is 0.374 e. The normalized spacial score (nSPS) is 12.2. The molecule has 2 heterocycles. The third kappa shape index (κ3) is 3.19. The molecule has 7 heteroatoms. The average molecular weight is 368 g/mol. The number of hydrogen-bond donors (Lipinski definition) is 0. The summed E-state index contributed by atoms with van der Waals surface area (Å²) in [5.74, 6) is -0.0323. The molecule has 0 saturated carbocycles. The van der Waals surface area contributed by atoms with Gasteiger partial charge in [0.25, 0.3) is 0 Å². The number of para-hydroxylation sites is 1. The largest absolute Gasteiger partial charge is 0.460 e. The molecule has 0 N–H and O–H groups in total. The molecule has 1 aliphatic heterocycles. The van der Waals surface area contributed by atoms with Crippen LogP contribution in [0, 0.1) is 0 Å². The Morgan fingerprint density at radius 2 is 1.81 bits per heavy atom. The molecule has 0 unspecified atom stereocenters. The number of hydrogen-bond acceptors (Lipinski definition) is 7. The van der Waals surface area contributed by atoms with Gasteiger partial charge in [0.05, 0.1) is 17.7 Å². The van der Waals surface area contributed by atoms with Gasteiger partial charge in [0.2, 0.25) is 12.6 Å². The van der Waals surface area contributed by atoms with E-state index in [1.165, 1.54) is 0 Å². The lowest BCUT2D eigenvalue weighted by Crippen LogP contribution is -2.10. The molecule has 0 radical (unpaired) electrons. The highest BCUT2D eigenvalue weighted by atomic mass is 16.7. The molecule has 2 aromatic carbocycles. The zero-order valence-corrected chi connectivity index (χ0v) is 14.5. The molecule has 1 aliphatic rings. The van der Waals surface area contributed by atoms with Gasteiger partial charge in [-0.25, -0.2) is 9.59 Å². The second kappa shape index (κ2) is 7.03. The Morgan fingerprint density at radius 3 is 2.67 bits per heavy atom. The van der Waals surface area contributed by atoms with E-state index in [2.05, 4.69) is 0 Å². The van der Waals surface area contributed by atoms with E-state index in [0.717, 1.165) is 0 Å². The molecule has 0 fully saturated rings. The third-order valence-electron chi connectivity index (χ3n) is 4.11. The maximum absolute atomic E-state index is 12.4. The summed E-state index contributed by atoms with van der Waals surface area (Å²) in [5, 5.41) is 0.694. The standard InChI is InChI=1S/C20H16O7/c1-2-23-20(22)18-14(13-5-3-4-6-15(13)27-18)10-24-19(21)12-7-8-16-17(9-12)26-11-25-16/h3-9H,2,10-11H2,1H3. The number of rotatable bonds is 5. The van der Waals surface area contributed by atoms with Gasteiger partial charge in [0, 0.05) is 5.39 Å². The fourth-order valence-corrected chi connectivity index (χ4v) is 2.85. The highest BCUT2D eigenvalue weighted by Crippen LogP contribution is 2.33. The summed E-state index contributed by atoms with van der Waals surface area (Å²) < 4.78 is 26.5. The summed E-state index contributed by atoms with van der Waals surface area (Å²) in [6.07, 6.45) is 0. The van der Waals surface area contributed by atoms with E-state index in [4.69, 9.17) is 23.4 Å². The van der Waals surface area contributed by atoms with Crippen molar-refractivity contribution < 1.29 is 33.0 Å². The highest BCUT2D eigenvalue weighted by molar-refractivity contribution is 5.96. The molecule has 0 aliphatic carbocycles. The molecular formula is C20H16O7. The van der Waals surface area contributed by atoms with Gasteiger partial charge in [-0.2, -0.15) is 0 Å². The minimum atomic E-state index is -0.595. The van der Waals surface area contributed by atoms with Gasteiger partial charge in [-0.15, -0.1) is 0 Å². The molecule has 0 atom stereocenters. The molecule has 0 spiro atoms. The number of carbonyl (C=O) groups excluding carboxylic acids is 2. The Hall–Kier alpha value is -3.48. The van der Waals surface area contributed by atoms with Gasteiger partial charge in [0.15, 0.2) is 11.5 Å². The summed E-state index contributed by atoms with van der Waals surface area (Å²) in [6.45, 7) is 1.92. The quantitative estimate of drug-likeness (QED) is 0.635. The Balaban J connectivity index is 1.58. The Morgan fingerprint density at radius 1 is 1.00 bits per heavy atom. The number of esters is 2. The van der Waals surface area contributed by atoms with E-state index < -0.39 is 11.9 Å². The van der Waals surface area contributed by atoms with Gasteiger partial charge in [-0.05, 0) is 31.2 Å². The summed E-state index contributed by atoms with van der Waals surface area (Å²) in [4.78, 5) is 24.6. The zero-order valence-electron chi connectivity index (χ0n) is 14.5. The SMILES string of the molecule is CCOC(=O)c1oc2ccccc2c1COC(=O)c1ccc2c(c1)OCO2. The smallest absolute Gasteiger partial charge is 0.374 e. The molecule has 4 rings (SSSR count). The molecule has 1 aromatic heterocycles. The van der Waals surface area contributed by atoms with Crippen LogP contribution in [0.1, 0.15) is 33.4 Å². The molecular weight excluding hydrogens is 352 g/mol. The molecule has 3 aromatic rings. The average Bonchev–Trinajstić information content (AvgIpc) is 3.30. The van der Waals surface area contributed by atoms with Gasteiger partial charge in [-0.3, -0.25) is 0 Å². The monoisotopic (exact) mass is 368 g/mol. The van der Waals surface area contributed by atoms with Crippen molar-refractivity contribution in [2.45, 2.75) is 13.5 Å². The Kier molecular flexibility index (Phi) is 4.42. The van der Waals surface area contributed by atoms with Crippen molar-refractivity contribution >= 4 is 22.9 Å². The van der Waals surface area contributed by atoms with E-state index in [-0.39, 0.29) is 25.8 Å². The van der Waals surface area contributed by atoms with Crippen LogP contribution >= 0.6 is 0 Å². The van der Waals surface area contributed by atoms with Crippen molar-refractivity contribution in [1.29, 1.82) is 0 Å². The van der Waals surface area contributed by atoms with Crippen LogP contribution in [0.25, 0.3) is 11.0 Å².